The van der Waals surface area contributed by atoms with Crippen LogP contribution in [0.15, 0.2) is 53.1 Å². The minimum absolute atomic E-state index is 0.0330. The van der Waals surface area contributed by atoms with Crippen molar-refractivity contribution < 1.29 is 4.79 Å². The number of para-hydroxylation sites is 1. The van der Waals surface area contributed by atoms with Gasteiger partial charge in [0, 0.05) is 23.6 Å². The fraction of sp³-hybridized carbons (Fsp3) is 0.176. The van der Waals surface area contributed by atoms with Gasteiger partial charge in [-0.25, -0.2) is 0 Å². The SMILES string of the molecule is O=C1Nc2ccccc2CC[C@@H]1Sc1nnc(-c2ccncc2)s1. The zero-order valence-corrected chi connectivity index (χ0v) is 14.3. The standard InChI is InChI=1S/C17H14N4OS2/c22-15-14(6-5-11-3-1-2-4-13(11)19-15)23-17-21-20-16(24-17)12-7-9-18-10-8-12/h1-4,7-10,14H,5-6H2,(H,19,22)/t14-/m0/s1. The lowest BCUT2D eigenvalue weighted by atomic mass is 10.1. The second-order valence-electron chi connectivity index (χ2n) is 5.40. The highest BCUT2D eigenvalue weighted by Crippen LogP contribution is 2.35. The number of fused-ring (bicyclic) bond motifs is 1. The maximum atomic E-state index is 12.5. The predicted molar refractivity (Wildman–Crippen MR) is 96.2 cm³/mol. The van der Waals surface area contributed by atoms with E-state index >= 15 is 0 Å². The van der Waals surface area contributed by atoms with Gasteiger partial charge in [-0.3, -0.25) is 9.78 Å². The first kappa shape index (κ1) is 15.3. The van der Waals surface area contributed by atoms with Crippen molar-refractivity contribution in [1.29, 1.82) is 0 Å². The molecule has 4 rings (SSSR count). The molecule has 0 bridgehead atoms. The Morgan fingerprint density at radius 2 is 1.96 bits per heavy atom. The number of thioether (sulfide) groups is 1. The Kier molecular flexibility index (Phi) is 4.27. The van der Waals surface area contributed by atoms with Crippen molar-refractivity contribution in [2.24, 2.45) is 0 Å². The Labute approximate surface area is 147 Å². The highest BCUT2D eigenvalue weighted by atomic mass is 32.2. The highest BCUT2D eigenvalue weighted by molar-refractivity contribution is 8.02. The van der Waals surface area contributed by atoms with Crippen molar-refractivity contribution in [2.75, 3.05) is 5.32 Å². The summed E-state index contributed by atoms with van der Waals surface area (Å²) in [5.74, 6) is 0.0330. The maximum Gasteiger partial charge on any atom is 0.237 e. The number of aromatic nitrogens is 3. The molecular weight excluding hydrogens is 340 g/mol. The summed E-state index contributed by atoms with van der Waals surface area (Å²) >= 11 is 2.99. The molecular formula is C17H14N4OS2. The topological polar surface area (TPSA) is 67.8 Å². The van der Waals surface area contributed by atoms with E-state index in [0.29, 0.717) is 0 Å². The van der Waals surface area contributed by atoms with E-state index in [4.69, 9.17) is 0 Å². The molecule has 0 aliphatic carbocycles. The third-order valence-electron chi connectivity index (χ3n) is 3.82. The van der Waals surface area contributed by atoms with Gasteiger partial charge in [0.25, 0.3) is 0 Å². The number of nitrogens with one attached hydrogen (secondary N) is 1. The quantitative estimate of drug-likeness (QED) is 0.778. The molecule has 0 saturated heterocycles. The fourth-order valence-electron chi connectivity index (χ4n) is 2.59. The molecule has 1 aliphatic rings. The summed E-state index contributed by atoms with van der Waals surface area (Å²) in [5.41, 5.74) is 3.09. The number of amides is 1. The summed E-state index contributed by atoms with van der Waals surface area (Å²) in [6, 6.07) is 11.8. The van der Waals surface area contributed by atoms with Crippen LogP contribution in [0.4, 0.5) is 5.69 Å². The smallest absolute Gasteiger partial charge is 0.237 e. The Hall–Kier alpha value is -2.25. The van der Waals surface area contributed by atoms with Crippen LogP contribution in [-0.4, -0.2) is 26.3 Å². The maximum absolute atomic E-state index is 12.5. The molecule has 120 valence electrons. The molecule has 3 aromatic rings. The number of pyridine rings is 1. The van der Waals surface area contributed by atoms with Crippen molar-refractivity contribution in [2.45, 2.75) is 22.4 Å². The van der Waals surface area contributed by atoms with E-state index in [1.54, 1.807) is 12.4 Å². The number of aryl methyl sites for hydroxylation is 1. The number of anilines is 1. The van der Waals surface area contributed by atoms with E-state index in [9.17, 15) is 4.79 Å². The summed E-state index contributed by atoms with van der Waals surface area (Å²) in [4.78, 5) is 16.5. The van der Waals surface area contributed by atoms with Crippen molar-refractivity contribution in [1.82, 2.24) is 15.2 Å². The van der Waals surface area contributed by atoms with Crippen LogP contribution in [0.3, 0.4) is 0 Å². The first-order valence-electron chi connectivity index (χ1n) is 7.59. The van der Waals surface area contributed by atoms with E-state index in [1.165, 1.54) is 28.7 Å². The predicted octanol–water partition coefficient (Wildman–Crippen LogP) is 3.65. The lowest BCUT2D eigenvalue weighted by Crippen LogP contribution is -2.23. The van der Waals surface area contributed by atoms with E-state index in [1.807, 2.05) is 30.3 Å². The molecule has 2 aromatic heterocycles. The molecule has 1 aliphatic heterocycles. The van der Waals surface area contributed by atoms with E-state index in [0.717, 1.165) is 33.4 Å². The zero-order valence-electron chi connectivity index (χ0n) is 12.7. The molecule has 7 heteroatoms. The van der Waals surface area contributed by atoms with Gasteiger partial charge in [0.1, 0.15) is 5.01 Å². The van der Waals surface area contributed by atoms with Gasteiger partial charge in [-0.1, -0.05) is 41.3 Å². The molecule has 1 amide bonds. The summed E-state index contributed by atoms with van der Waals surface area (Å²) in [6.45, 7) is 0. The number of benzene rings is 1. The van der Waals surface area contributed by atoms with E-state index in [2.05, 4.69) is 26.6 Å². The molecule has 5 nitrogen and oxygen atoms in total. The number of rotatable bonds is 3. The molecule has 0 saturated carbocycles. The average molecular weight is 354 g/mol. The van der Waals surface area contributed by atoms with Gasteiger partial charge in [0.2, 0.25) is 5.91 Å². The largest absolute Gasteiger partial charge is 0.325 e. The number of carbonyl (C=O) groups is 1. The van der Waals surface area contributed by atoms with Crippen molar-refractivity contribution in [3.63, 3.8) is 0 Å². The van der Waals surface area contributed by atoms with Gasteiger partial charge in [-0.2, -0.15) is 0 Å². The second kappa shape index (κ2) is 6.70. The van der Waals surface area contributed by atoms with Crippen LogP contribution in [0.1, 0.15) is 12.0 Å². The summed E-state index contributed by atoms with van der Waals surface area (Å²) < 4.78 is 0.813. The summed E-state index contributed by atoms with van der Waals surface area (Å²) in [6.07, 6.45) is 5.14. The minimum atomic E-state index is -0.157. The first-order valence-corrected chi connectivity index (χ1v) is 9.28. The summed E-state index contributed by atoms with van der Waals surface area (Å²) in [7, 11) is 0. The van der Waals surface area contributed by atoms with Crippen molar-refractivity contribution in [3.05, 3.63) is 54.4 Å². The molecule has 0 fully saturated rings. The molecule has 24 heavy (non-hydrogen) atoms. The van der Waals surface area contributed by atoms with Gasteiger partial charge in [0.05, 0.1) is 5.25 Å². The third kappa shape index (κ3) is 3.18. The van der Waals surface area contributed by atoms with Crippen LogP contribution in [-0.2, 0) is 11.2 Å². The minimum Gasteiger partial charge on any atom is -0.325 e. The van der Waals surface area contributed by atoms with Gasteiger partial charge < -0.3 is 5.32 Å². The Morgan fingerprint density at radius 3 is 2.83 bits per heavy atom. The van der Waals surface area contributed by atoms with Crippen LogP contribution < -0.4 is 5.32 Å². The number of hydrogen-bond donors (Lipinski definition) is 1. The van der Waals surface area contributed by atoms with Crippen LogP contribution in [0.2, 0.25) is 0 Å². The number of carbonyl (C=O) groups excluding carboxylic acids is 1. The summed E-state index contributed by atoms with van der Waals surface area (Å²) in [5, 5.41) is 12.2. The van der Waals surface area contributed by atoms with Gasteiger partial charge in [0.15, 0.2) is 4.34 Å². The van der Waals surface area contributed by atoms with Crippen LogP contribution in [0, 0.1) is 0 Å². The van der Waals surface area contributed by atoms with E-state index in [-0.39, 0.29) is 11.2 Å². The lowest BCUT2D eigenvalue weighted by molar-refractivity contribution is -0.115. The Bertz CT molecular complexity index is 866. The Balaban J connectivity index is 1.50. The van der Waals surface area contributed by atoms with E-state index < -0.39 is 0 Å². The zero-order chi connectivity index (χ0) is 16.4. The number of hydrogen-bond acceptors (Lipinski definition) is 6. The normalized spacial score (nSPS) is 17.0. The highest BCUT2D eigenvalue weighted by Gasteiger charge is 2.25. The van der Waals surface area contributed by atoms with Gasteiger partial charge in [-0.05, 0) is 36.6 Å². The van der Waals surface area contributed by atoms with Crippen LogP contribution in [0.25, 0.3) is 10.6 Å². The van der Waals surface area contributed by atoms with Crippen LogP contribution >= 0.6 is 23.1 Å². The fourth-order valence-corrected chi connectivity index (χ4v) is 4.69. The van der Waals surface area contributed by atoms with Crippen molar-refractivity contribution in [3.8, 4) is 10.6 Å². The second-order valence-corrected chi connectivity index (χ2v) is 7.83. The molecule has 1 aromatic carbocycles. The molecule has 0 unspecified atom stereocenters. The molecule has 0 spiro atoms. The molecule has 1 N–H and O–H groups in total. The lowest BCUT2D eigenvalue weighted by Gasteiger charge is -2.10. The first-order chi connectivity index (χ1) is 11.8. The molecule has 0 radical (unpaired) electrons. The Morgan fingerprint density at radius 1 is 1.12 bits per heavy atom. The molecule has 1 atom stereocenters. The average Bonchev–Trinajstić information content (AvgIpc) is 3.02. The van der Waals surface area contributed by atoms with Crippen LogP contribution in [0.5, 0.6) is 0 Å². The van der Waals surface area contributed by atoms with Crippen molar-refractivity contribution >= 4 is 34.7 Å². The monoisotopic (exact) mass is 354 g/mol. The number of nitrogens with zero attached hydrogens (tertiary/aromatic N) is 3. The van der Waals surface area contributed by atoms with Gasteiger partial charge >= 0.3 is 0 Å². The van der Waals surface area contributed by atoms with Gasteiger partial charge in [-0.15, -0.1) is 10.2 Å². The third-order valence-corrected chi connectivity index (χ3v) is 6.14. The molecule has 3 heterocycles.